The fraction of sp³-hybridized carbons (Fsp3) is 0.667. The molecule has 0 aliphatic rings. The third kappa shape index (κ3) is 4.32. The van der Waals surface area contributed by atoms with Crippen LogP contribution in [-0.2, 0) is 16.8 Å². The number of thiophene rings is 1. The number of carboxylic acid groups (broad SMARTS) is 1. The molecule has 1 heterocycles. The average molecular weight is 283 g/mol. The second kappa shape index (κ2) is 6.06. The van der Waals surface area contributed by atoms with Crippen LogP contribution in [0.2, 0.25) is 0 Å². The van der Waals surface area contributed by atoms with Gasteiger partial charge >= 0.3 is 5.97 Å². The minimum atomic E-state index is -0.833. The SMILES string of the molecule is CCCC(C)(NCc1ccc(C(C)(C)C)s1)C(=O)O. The number of nitrogens with one attached hydrogen (secondary N) is 1. The van der Waals surface area contributed by atoms with Crippen LogP contribution in [0.15, 0.2) is 12.1 Å². The van der Waals surface area contributed by atoms with Crippen LogP contribution >= 0.6 is 11.3 Å². The number of hydrogen-bond donors (Lipinski definition) is 2. The smallest absolute Gasteiger partial charge is 0.323 e. The fourth-order valence-corrected chi connectivity index (χ4v) is 2.93. The summed E-state index contributed by atoms with van der Waals surface area (Å²) >= 11 is 1.75. The summed E-state index contributed by atoms with van der Waals surface area (Å²) in [6, 6.07) is 4.23. The molecule has 108 valence electrons. The molecule has 1 aromatic rings. The first kappa shape index (κ1) is 16.2. The molecule has 1 rings (SSSR count). The van der Waals surface area contributed by atoms with Gasteiger partial charge in [-0.1, -0.05) is 34.1 Å². The number of carbonyl (C=O) groups is 1. The van der Waals surface area contributed by atoms with Gasteiger partial charge in [0.2, 0.25) is 0 Å². The Morgan fingerprint density at radius 3 is 2.37 bits per heavy atom. The molecule has 1 unspecified atom stereocenters. The second-order valence-corrected chi connectivity index (χ2v) is 7.43. The van der Waals surface area contributed by atoms with Gasteiger partial charge in [0, 0.05) is 16.3 Å². The highest BCUT2D eigenvalue weighted by atomic mass is 32.1. The van der Waals surface area contributed by atoms with Crippen molar-refractivity contribution in [3.8, 4) is 0 Å². The van der Waals surface area contributed by atoms with E-state index in [0.717, 1.165) is 6.42 Å². The largest absolute Gasteiger partial charge is 0.480 e. The third-order valence-electron chi connectivity index (χ3n) is 3.28. The van der Waals surface area contributed by atoms with E-state index in [9.17, 15) is 9.90 Å². The van der Waals surface area contributed by atoms with Crippen molar-refractivity contribution in [3.05, 3.63) is 21.9 Å². The summed E-state index contributed by atoms with van der Waals surface area (Å²) in [6.45, 7) is 10.9. The molecule has 0 saturated carbocycles. The molecule has 19 heavy (non-hydrogen) atoms. The van der Waals surface area contributed by atoms with Gasteiger partial charge in [-0.2, -0.15) is 0 Å². The van der Waals surface area contributed by atoms with Crippen LogP contribution in [0.5, 0.6) is 0 Å². The lowest BCUT2D eigenvalue weighted by Gasteiger charge is -2.25. The molecule has 0 aliphatic heterocycles. The Morgan fingerprint density at radius 1 is 1.32 bits per heavy atom. The summed E-state index contributed by atoms with van der Waals surface area (Å²) in [7, 11) is 0. The lowest BCUT2D eigenvalue weighted by molar-refractivity contribution is -0.144. The quantitative estimate of drug-likeness (QED) is 0.835. The first-order chi connectivity index (χ1) is 8.69. The zero-order valence-electron chi connectivity index (χ0n) is 12.5. The summed E-state index contributed by atoms with van der Waals surface area (Å²) in [6.07, 6.45) is 1.49. The molecule has 1 aromatic heterocycles. The number of carboxylic acids is 1. The topological polar surface area (TPSA) is 49.3 Å². The zero-order chi connectivity index (χ0) is 14.7. The molecule has 0 spiro atoms. The molecule has 2 N–H and O–H groups in total. The van der Waals surface area contributed by atoms with Crippen LogP contribution < -0.4 is 5.32 Å². The van der Waals surface area contributed by atoms with E-state index >= 15 is 0 Å². The van der Waals surface area contributed by atoms with Gasteiger partial charge in [-0.3, -0.25) is 10.1 Å². The molecular formula is C15H25NO2S. The van der Waals surface area contributed by atoms with Crippen molar-refractivity contribution in [1.29, 1.82) is 0 Å². The lowest BCUT2D eigenvalue weighted by atomic mass is 9.95. The van der Waals surface area contributed by atoms with Crippen molar-refractivity contribution in [2.75, 3.05) is 0 Å². The maximum Gasteiger partial charge on any atom is 0.323 e. The Morgan fingerprint density at radius 2 is 1.95 bits per heavy atom. The first-order valence-corrected chi connectivity index (χ1v) is 7.58. The summed E-state index contributed by atoms with van der Waals surface area (Å²) in [5.41, 5.74) is -0.678. The van der Waals surface area contributed by atoms with Crippen LogP contribution in [0.3, 0.4) is 0 Å². The maximum absolute atomic E-state index is 11.3. The Balaban J connectivity index is 2.70. The van der Waals surface area contributed by atoms with Crippen LogP contribution in [0.1, 0.15) is 57.2 Å². The van der Waals surface area contributed by atoms with Gasteiger partial charge in [0.25, 0.3) is 0 Å². The second-order valence-electron chi connectivity index (χ2n) is 6.26. The highest BCUT2D eigenvalue weighted by Crippen LogP contribution is 2.29. The van der Waals surface area contributed by atoms with Crippen LogP contribution in [-0.4, -0.2) is 16.6 Å². The van der Waals surface area contributed by atoms with E-state index in [1.165, 1.54) is 9.75 Å². The standard InChI is InChI=1S/C15H25NO2S/c1-6-9-15(5,13(17)18)16-10-11-7-8-12(19-11)14(2,3)4/h7-8,16H,6,9-10H2,1-5H3,(H,17,18). The predicted molar refractivity (Wildman–Crippen MR) is 80.8 cm³/mol. The lowest BCUT2D eigenvalue weighted by Crippen LogP contribution is -2.48. The van der Waals surface area contributed by atoms with E-state index in [4.69, 9.17) is 0 Å². The number of rotatable bonds is 6. The van der Waals surface area contributed by atoms with Crippen molar-refractivity contribution in [1.82, 2.24) is 5.32 Å². The van der Waals surface area contributed by atoms with Crippen molar-refractivity contribution in [2.45, 2.75) is 65.0 Å². The van der Waals surface area contributed by atoms with Crippen LogP contribution in [0.25, 0.3) is 0 Å². The summed E-state index contributed by atoms with van der Waals surface area (Å²) in [5.74, 6) is -0.776. The van der Waals surface area contributed by atoms with Crippen molar-refractivity contribution < 1.29 is 9.90 Å². The zero-order valence-corrected chi connectivity index (χ0v) is 13.4. The van der Waals surface area contributed by atoms with E-state index in [2.05, 4.69) is 38.2 Å². The Labute approximate surface area is 120 Å². The summed E-state index contributed by atoms with van der Waals surface area (Å²) < 4.78 is 0. The van der Waals surface area contributed by atoms with Gasteiger partial charge in [-0.05, 0) is 30.9 Å². The minimum absolute atomic E-state index is 0.155. The first-order valence-electron chi connectivity index (χ1n) is 6.76. The minimum Gasteiger partial charge on any atom is -0.480 e. The molecular weight excluding hydrogens is 258 g/mol. The normalized spacial score (nSPS) is 15.2. The third-order valence-corrected chi connectivity index (χ3v) is 4.79. The summed E-state index contributed by atoms with van der Waals surface area (Å²) in [4.78, 5) is 13.9. The van der Waals surface area contributed by atoms with E-state index in [1.54, 1.807) is 18.3 Å². The van der Waals surface area contributed by atoms with Crippen LogP contribution in [0.4, 0.5) is 0 Å². The van der Waals surface area contributed by atoms with Crippen molar-refractivity contribution in [3.63, 3.8) is 0 Å². The fourth-order valence-electron chi connectivity index (χ4n) is 1.93. The Bertz CT molecular complexity index is 434. The highest BCUT2D eigenvalue weighted by Gasteiger charge is 2.31. The monoisotopic (exact) mass is 283 g/mol. The number of hydrogen-bond acceptors (Lipinski definition) is 3. The Hall–Kier alpha value is -0.870. The average Bonchev–Trinajstić information content (AvgIpc) is 2.75. The van der Waals surface area contributed by atoms with Crippen molar-refractivity contribution >= 4 is 17.3 Å². The maximum atomic E-state index is 11.3. The molecule has 0 fully saturated rings. The van der Waals surface area contributed by atoms with E-state index in [-0.39, 0.29) is 5.41 Å². The van der Waals surface area contributed by atoms with Gasteiger partial charge in [-0.15, -0.1) is 11.3 Å². The van der Waals surface area contributed by atoms with E-state index in [0.29, 0.717) is 13.0 Å². The number of aliphatic carboxylic acids is 1. The Kier molecular flexibility index (Phi) is 5.16. The van der Waals surface area contributed by atoms with Crippen LogP contribution in [0, 0.1) is 0 Å². The molecule has 0 aliphatic carbocycles. The summed E-state index contributed by atoms with van der Waals surface area (Å²) in [5, 5.41) is 12.5. The van der Waals surface area contributed by atoms with E-state index in [1.807, 2.05) is 6.92 Å². The van der Waals surface area contributed by atoms with E-state index < -0.39 is 11.5 Å². The molecule has 1 atom stereocenters. The van der Waals surface area contributed by atoms with Gasteiger partial charge in [0.15, 0.2) is 0 Å². The van der Waals surface area contributed by atoms with Gasteiger partial charge in [-0.25, -0.2) is 0 Å². The van der Waals surface area contributed by atoms with Crippen molar-refractivity contribution in [2.24, 2.45) is 0 Å². The molecule has 0 saturated heterocycles. The molecule has 0 amide bonds. The van der Waals surface area contributed by atoms with Gasteiger partial charge < -0.3 is 5.11 Å². The predicted octanol–water partition coefficient (Wildman–Crippen LogP) is 3.78. The molecule has 0 aromatic carbocycles. The molecule has 0 radical (unpaired) electrons. The highest BCUT2D eigenvalue weighted by molar-refractivity contribution is 7.12. The molecule has 4 heteroatoms. The molecule has 0 bridgehead atoms. The van der Waals surface area contributed by atoms with Gasteiger partial charge in [0.05, 0.1) is 0 Å². The molecule has 3 nitrogen and oxygen atoms in total. The van der Waals surface area contributed by atoms with Gasteiger partial charge in [0.1, 0.15) is 5.54 Å².